The van der Waals surface area contributed by atoms with Crippen molar-refractivity contribution in [1.82, 2.24) is 14.4 Å². The number of nitriles is 1. The van der Waals surface area contributed by atoms with Gasteiger partial charge in [0.25, 0.3) is 0 Å². The number of ketones is 2. The van der Waals surface area contributed by atoms with Crippen molar-refractivity contribution >= 4 is 29.2 Å². The van der Waals surface area contributed by atoms with E-state index in [2.05, 4.69) is 0 Å². The van der Waals surface area contributed by atoms with Crippen molar-refractivity contribution in [2.24, 2.45) is 5.92 Å². The average molecular weight is 597 g/mol. The normalized spacial score (nSPS) is 14.8. The lowest BCUT2D eigenvalue weighted by Gasteiger charge is -2.34. The number of hydrogen-bond acceptors (Lipinski definition) is 6. The molecule has 0 N–H and O–H groups in total. The quantitative estimate of drug-likeness (QED) is 0.289. The number of hydrogen-bond donors (Lipinski definition) is 0. The van der Waals surface area contributed by atoms with E-state index >= 15 is 0 Å². The van der Waals surface area contributed by atoms with Crippen LogP contribution in [0.3, 0.4) is 0 Å². The summed E-state index contributed by atoms with van der Waals surface area (Å²) in [5.41, 5.74) is -0.639. The van der Waals surface area contributed by atoms with Gasteiger partial charge in [-0.25, -0.2) is 0 Å². The van der Waals surface area contributed by atoms with E-state index in [1.807, 2.05) is 40.1 Å². The summed E-state index contributed by atoms with van der Waals surface area (Å²) in [6.45, 7) is 4.21. The first-order valence-corrected chi connectivity index (χ1v) is 14.5. The maximum Gasteiger partial charge on any atom is 0.417 e. The van der Waals surface area contributed by atoms with Crippen LogP contribution < -0.4 is 0 Å². The number of halogens is 3. The van der Waals surface area contributed by atoms with E-state index in [0.717, 1.165) is 17.0 Å². The third kappa shape index (κ3) is 8.33. The lowest BCUT2D eigenvalue weighted by atomic mass is 9.95. The molecule has 1 aromatic heterocycles. The van der Waals surface area contributed by atoms with Gasteiger partial charge in [-0.1, -0.05) is 25.1 Å². The fourth-order valence-corrected chi connectivity index (χ4v) is 5.61. The van der Waals surface area contributed by atoms with Gasteiger partial charge >= 0.3 is 6.18 Å². The summed E-state index contributed by atoms with van der Waals surface area (Å²) < 4.78 is 41.5. The highest BCUT2D eigenvalue weighted by Crippen LogP contribution is 2.33. The second kappa shape index (κ2) is 13.9. The molecule has 0 radical (unpaired) electrons. The molecule has 0 bridgehead atoms. The number of benzene rings is 2. The summed E-state index contributed by atoms with van der Waals surface area (Å²) in [7, 11) is 0. The second-order valence-corrected chi connectivity index (χ2v) is 11.4. The Morgan fingerprint density at radius 3 is 2.40 bits per heavy atom. The molecule has 3 aromatic rings. The van der Waals surface area contributed by atoms with E-state index in [1.54, 1.807) is 31.5 Å². The molecule has 2 aromatic carbocycles. The molecule has 220 valence electrons. The summed E-state index contributed by atoms with van der Waals surface area (Å²) in [4.78, 5) is 43.0. The van der Waals surface area contributed by atoms with Crippen LogP contribution in [0.25, 0.3) is 5.69 Å². The first kappa shape index (κ1) is 31.1. The molecular formula is C31H31F3N4O3S. The van der Waals surface area contributed by atoms with Crippen molar-refractivity contribution in [1.29, 1.82) is 5.26 Å². The Bertz CT molecular complexity index is 1460. The van der Waals surface area contributed by atoms with Crippen LogP contribution in [0.15, 0.2) is 71.9 Å². The van der Waals surface area contributed by atoms with Gasteiger partial charge in [0.1, 0.15) is 11.6 Å². The second-order valence-electron chi connectivity index (χ2n) is 10.3. The number of rotatable bonds is 11. The monoisotopic (exact) mass is 596 g/mol. The van der Waals surface area contributed by atoms with E-state index in [9.17, 15) is 27.6 Å². The number of alkyl halides is 3. The van der Waals surface area contributed by atoms with Crippen LogP contribution in [0.2, 0.25) is 0 Å². The van der Waals surface area contributed by atoms with Crippen LogP contribution in [-0.4, -0.2) is 70.3 Å². The van der Waals surface area contributed by atoms with Gasteiger partial charge in [0, 0.05) is 67.9 Å². The number of aromatic nitrogens is 1. The summed E-state index contributed by atoms with van der Waals surface area (Å²) in [5, 5.41) is 9.00. The zero-order chi connectivity index (χ0) is 30.3. The Balaban J connectivity index is 1.22. The van der Waals surface area contributed by atoms with Crippen LogP contribution in [0.1, 0.15) is 30.0 Å². The number of amides is 1. The first-order chi connectivity index (χ1) is 20.0. The third-order valence-electron chi connectivity index (χ3n) is 7.17. The van der Waals surface area contributed by atoms with Gasteiger partial charge in [-0.2, -0.15) is 18.4 Å². The number of nitrogens with zero attached hydrogens (tertiary/aromatic N) is 4. The smallest absolute Gasteiger partial charge is 0.339 e. The van der Waals surface area contributed by atoms with E-state index < -0.39 is 23.2 Å². The lowest BCUT2D eigenvalue weighted by Crippen LogP contribution is -2.50. The molecule has 1 saturated heterocycles. The topological polar surface area (TPSA) is 86.4 Å². The number of Topliss-reactive ketones (excluding diaryl/α,β-unsaturated/α-hetero) is 2. The van der Waals surface area contributed by atoms with Crippen LogP contribution in [-0.2, 0) is 27.0 Å². The van der Waals surface area contributed by atoms with Crippen LogP contribution in [0, 0.1) is 17.2 Å². The van der Waals surface area contributed by atoms with Gasteiger partial charge in [-0.05, 0) is 42.0 Å². The van der Waals surface area contributed by atoms with Gasteiger partial charge in [-0.3, -0.25) is 19.3 Å². The zero-order valence-electron chi connectivity index (χ0n) is 23.1. The van der Waals surface area contributed by atoms with Crippen molar-refractivity contribution in [3.8, 4) is 11.8 Å². The molecule has 7 nitrogen and oxygen atoms in total. The van der Waals surface area contributed by atoms with Crippen molar-refractivity contribution in [3.05, 3.63) is 83.7 Å². The zero-order valence-corrected chi connectivity index (χ0v) is 24.0. The molecule has 0 spiro atoms. The molecule has 1 unspecified atom stereocenters. The number of piperazine rings is 1. The molecule has 1 amide bonds. The number of carbonyl (C=O) groups is 3. The average Bonchev–Trinajstić information content (AvgIpc) is 3.44. The molecule has 1 aliphatic heterocycles. The molecular weight excluding hydrogens is 565 g/mol. The Morgan fingerprint density at radius 2 is 1.74 bits per heavy atom. The third-order valence-corrected chi connectivity index (χ3v) is 8.17. The van der Waals surface area contributed by atoms with Crippen molar-refractivity contribution in [2.45, 2.75) is 30.8 Å². The molecule has 4 rings (SSSR count). The van der Waals surface area contributed by atoms with Gasteiger partial charge in [0.15, 0.2) is 0 Å². The summed E-state index contributed by atoms with van der Waals surface area (Å²) in [6.07, 6.45) is -1.39. The Labute approximate surface area is 246 Å². The molecule has 0 saturated carbocycles. The fraction of sp³-hybridized carbons (Fsp3) is 0.355. The number of carbonyl (C=O) groups excluding carboxylic acids is 3. The standard InChI is InChI=1S/C31H31F3N4O3S/c1-22(15-26(39)20-36-11-13-37(14-12-36)30(41)21-42-27-5-3-2-4-6-27)29(40)16-23-9-10-38(19-23)25-8-7-24(18-35)28(17-25)31(32,33)34/h2-10,17,19,22H,11-16,20-21H2,1H3. The Morgan fingerprint density at radius 1 is 1.02 bits per heavy atom. The minimum atomic E-state index is -4.67. The van der Waals surface area contributed by atoms with Crippen LogP contribution >= 0.6 is 11.8 Å². The van der Waals surface area contributed by atoms with Crippen molar-refractivity contribution < 1.29 is 27.6 Å². The SMILES string of the molecule is CC(CC(=O)CN1CCN(C(=O)CSc2ccccc2)CC1)C(=O)Cc1ccn(-c2ccc(C#N)c(C(F)(F)F)c2)c1. The maximum atomic E-state index is 13.3. The highest BCUT2D eigenvalue weighted by atomic mass is 32.2. The van der Waals surface area contributed by atoms with Crippen molar-refractivity contribution in [2.75, 3.05) is 38.5 Å². The molecule has 42 heavy (non-hydrogen) atoms. The molecule has 0 aliphatic carbocycles. The van der Waals surface area contributed by atoms with Crippen LogP contribution in [0.4, 0.5) is 13.2 Å². The lowest BCUT2D eigenvalue weighted by molar-refractivity contribution is -0.137. The molecule has 1 fully saturated rings. The summed E-state index contributed by atoms with van der Waals surface area (Å²) in [5.74, 6) is -0.254. The van der Waals surface area contributed by atoms with Gasteiger partial charge in [0.05, 0.1) is 29.5 Å². The molecule has 1 atom stereocenters. The van der Waals surface area contributed by atoms with Gasteiger partial charge in [-0.15, -0.1) is 11.8 Å². The van der Waals surface area contributed by atoms with E-state index in [1.165, 1.54) is 22.4 Å². The Kier molecular flexibility index (Phi) is 10.2. The first-order valence-electron chi connectivity index (χ1n) is 13.5. The molecule has 2 heterocycles. The highest BCUT2D eigenvalue weighted by molar-refractivity contribution is 8.00. The highest BCUT2D eigenvalue weighted by Gasteiger charge is 2.34. The molecule has 1 aliphatic rings. The van der Waals surface area contributed by atoms with Gasteiger partial charge < -0.3 is 9.47 Å². The minimum Gasteiger partial charge on any atom is -0.339 e. The largest absolute Gasteiger partial charge is 0.417 e. The number of thioether (sulfide) groups is 1. The maximum absolute atomic E-state index is 13.3. The fourth-order valence-electron chi connectivity index (χ4n) is 4.78. The predicted octanol–water partition coefficient (Wildman–Crippen LogP) is 5.01. The van der Waals surface area contributed by atoms with E-state index in [0.29, 0.717) is 37.5 Å². The van der Waals surface area contributed by atoms with E-state index in [4.69, 9.17) is 5.26 Å². The predicted molar refractivity (Wildman–Crippen MR) is 153 cm³/mol. The minimum absolute atomic E-state index is 0.0473. The van der Waals surface area contributed by atoms with Crippen LogP contribution in [0.5, 0.6) is 0 Å². The summed E-state index contributed by atoms with van der Waals surface area (Å²) in [6, 6.07) is 16.4. The van der Waals surface area contributed by atoms with Gasteiger partial charge in [0.2, 0.25) is 5.91 Å². The Hall–Kier alpha value is -3.88. The van der Waals surface area contributed by atoms with E-state index in [-0.39, 0.29) is 42.5 Å². The molecule has 11 heteroatoms. The summed E-state index contributed by atoms with van der Waals surface area (Å²) >= 11 is 1.50. The van der Waals surface area contributed by atoms with Crippen molar-refractivity contribution in [3.63, 3.8) is 0 Å².